The van der Waals surface area contributed by atoms with Crippen LogP contribution < -0.4 is 4.90 Å². The van der Waals surface area contributed by atoms with Crippen molar-refractivity contribution in [2.45, 2.75) is 26.4 Å². The minimum absolute atomic E-state index is 0.311. The summed E-state index contributed by atoms with van der Waals surface area (Å²) >= 11 is 5.91. The standard InChI is InChI=1S/C13H15ClN2O2/c1-13(2,3)18-12(17)16(4)10-6-5-9(8-15)11(14)7-10/h5-7H,1-4H3. The summed E-state index contributed by atoms with van der Waals surface area (Å²) in [6.45, 7) is 5.39. The molecule has 0 saturated heterocycles. The molecule has 0 atom stereocenters. The van der Waals surface area contributed by atoms with Crippen molar-refractivity contribution >= 4 is 23.4 Å². The van der Waals surface area contributed by atoms with E-state index in [-0.39, 0.29) is 0 Å². The number of ether oxygens (including phenoxy) is 1. The van der Waals surface area contributed by atoms with E-state index >= 15 is 0 Å². The molecule has 1 aromatic rings. The van der Waals surface area contributed by atoms with Crippen LogP contribution in [0.15, 0.2) is 18.2 Å². The second-order valence-corrected chi connectivity index (χ2v) is 5.22. The molecule has 96 valence electrons. The highest BCUT2D eigenvalue weighted by molar-refractivity contribution is 6.32. The Labute approximate surface area is 112 Å². The summed E-state index contributed by atoms with van der Waals surface area (Å²) in [6, 6.07) is 6.74. The maximum atomic E-state index is 11.8. The monoisotopic (exact) mass is 266 g/mol. The molecule has 0 aliphatic heterocycles. The Morgan fingerprint density at radius 1 is 1.44 bits per heavy atom. The van der Waals surface area contributed by atoms with Gasteiger partial charge in [0.25, 0.3) is 0 Å². The number of nitriles is 1. The van der Waals surface area contributed by atoms with Gasteiger partial charge in [-0.15, -0.1) is 0 Å². The van der Waals surface area contributed by atoms with Gasteiger partial charge in [0, 0.05) is 12.7 Å². The van der Waals surface area contributed by atoms with E-state index in [9.17, 15) is 4.79 Å². The molecule has 18 heavy (non-hydrogen) atoms. The van der Waals surface area contributed by atoms with E-state index in [1.807, 2.05) is 6.07 Å². The Balaban J connectivity index is 2.91. The van der Waals surface area contributed by atoms with Crippen LogP contribution in [0.5, 0.6) is 0 Å². The van der Waals surface area contributed by atoms with Gasteiger partial charge in [0.1, 0.15) is 11.7 Å². The third kappa shape index (κ3) is 3.64. The highest BCUT2D eigenvalue weighted by Gasteiger charge is 2.20. The van der Waals surface area contributed by atoms with Crippen LogP contribution in [0.25, 0.3) is 0 Å². The van der Waals surface area contributed by atoms with Crippen LogP contribution >= 0.6 is 11.6 Å². The molecule has 5 heteroatoms. The zero-order chi connectivity index (χ0) is 13.9. The van der Waals surface area contributed by atoms with Crippen LogP contribution in [-0.2, 0) is 4.74 Å². The van der Waals surface area contributed by atoms with E-state index in [1.165, 1.54) is 4.90 Å². The lowest BCUT2D eigenvalue weighted by atomic mass is 10.2. The van der Waals surface area contributed by atoms with E-state index in [0.717, 1.165) is 0 Å². The number of anilines is 1. The molecule has 1 rings (SSSR count). The van der Waals surface area contributed by atoms with Crippen molar-refractivity contribution in [3.05, 3.63) is 28.8 Å². The molecule has 0 bridgehead atoms. The first kappa shape index (κ1) is 14.3. The summed E-state index contributed by atoms with van der Waals surface area (Å²) in [5.74, 6) is 0. The van der Waals surface area contributed by atoms with Gasteiger partial charge < -0.3 is 4.74 Å². The van der Waals surface area contributed by atoms with E-state index in [1.54, 1.807) is 46.0 Å². The molecular weight excluding hydrogens is 252 g/mol. The average Bonchev–Trinajstić information content (AvgIpc) is 2.25. The van der Waals surface area contributed by atoms with Gasteiger partial charge in [0.05, 0.1) is 10.6 Å². The maximum absolute atomic E-state index is 11.8. The number of nitrogens with zero attached hydrogens (tertiary/aromatic N) is 2. The number of hydrogen-bond acceptors (Lipinski definition) is 3. The first-order valence-electron chi connectivity index (χ1n) is 5.41. The molecule has 0 aliphatic rings. The third-order valence-corrected chi connectivity index (χ3v) is 2.44. The fraction of sp³-hybridized carbons (Fsp3) is 0.385. The van der Waals surface area contributed by atoms with Gasteiger partial charge in [-0.05, 0) is 39.0 Å². The topological polar surface area (TPSA) is 53.3 Å². The Morgan fingerprint density at radius 3 is 2.50 bits per heavy atom. The van der Waals surface area contributed by atoms with E-state index < -0.39 is 11.7 Å². The van der Waals surface area contributed by atoms with Crippen molar-refractivity contribution in [1.82, 2.24) is 0 Å². The van der Waals surface area contributed by atoms with Gasteiger partial charge >= 0.3 is 6.09 Å². The van der Waals surface area contributed by atoms with Crippen LogP contribution in [-0.4, -0.2) is 18.7 Å². The lowest BCUT2D eigenvalue weighted by molar-refractivity contribution is 0.0589. The van der Waals surface area contributed by atoms with Gasteiger partial charge in [-0.1, -0.05) is 11.6 Å². The van der Waals surface area contributed by atoms with Crippen LogP contribution in [0.3, 0.4) is 0 Å². The van der Waals surface area contributed by atoms with Gasteiger partial charge in [0.15, 0.2) is 0 Å². The zero-order valence-corrected chi connectivity index (χ0v) is 11.6. The third-order valence-electron chi connectivity index (χ3n) is 2.13. The number of amides is 1. The molecule has 0 N–H and O–H groups in total. The minimum atomic E-state index is -0.554. The van der Waals surface area contributed by atoms with E-state index in [2.05, 4.69) is 0 Å². The summed E-state index contributed by atoms with van der Waals surface area (Å²) in [5, 5.41) is 9.08. The lowest BCUT2D eigenvalue weighted by Gasteiger charge is -2.24. The molecule has 1 amide bonds. The van der Waals surface area contributed by atoms with Crippen molar-refractivity contribution in [2.24, 2.45) is 0 Å². The summed E-state index contributed by atoms with van der Waals surface area (Å²) in [5.41, 5.74) is 0.396. The molecule has 1 aromatic carbocycles. The van der Waals surface area contributed by atoms with Crippen LogP contribution in [0, 0.1) is 11.3 Å². The summed E-state index contributed by atoms with van der Waals surface area (Å²) in [6.07, 6.45) is -0.469. The molecule has 0 spiro atoms. The quantitative estimate of drug-likeness (QED) is 0.781. The Bertz CT molecular complexity index is 501. The fourth-order valence-electron chi connectivity index (χ4n) is 1.24. The van der Waals surface area contributed by atoms with Gasteiger partial charge in [-0.3, -0.25) is 4.90 Å². The normalized spacial score (nSPS) is 10.7. The van der Waals surface area contributed by atoms with Crippen molar-refractivity contribution in [3.8, 4) is 6.07 Å². The van der Waals surface area contributed by atoms with Gasteiger partial charge in [-0.25, -0.2) is 4.79 Å². The minimum Gasteiger partial charge on any atom is -0.443 e. The molecule has 0 saturated carbocycles. The lowest BCUT2D eigenvalue weighted by Crippen LogP contribution is -2.34. The first-order valence-corrected chi connectivity index (χ1v) is 5.79. The molecule has 0 radical (unpaired) electrons. The largest absolute Gasteiger partial charge is 0.443 e. The fourth-order valence-corrected chi connectivity index (χ4v) is 1.46. The predicted molar refractivity (Wildman–Crippen MR) is 70.8 cm³/mol. The first-order chi connectivity index (χ1) is 8.24. The smallest absolute Gasteiger partial charge is 0.414 e. The van der Waals surface area contributed by atoms with Crippen molar-refractivity contribution < 1.29 is 9.53 Å². The number of carbonyl (C=O) groups excluding carboxylic acids is 1. The van der Waals surface area contributed by atoms with Crippen molar-refractivity contribution in [2.75, 3.05) is 11.9 Å². The Hall–Kier alpha value is -1.73. The molecule has 0 heterocycles. The number of hydrogen-bond donors (Lipinski definition) is 0. The summed E-state index contributed by atoms with van der Waals surface area (Å²) in [4.78, 5) is 13.2. The highest BCUT2D eigenvalue weighted by Crippen LogP contribution is 2.23. The van der Waals surface area contributed by atoms with Crippen LogP contribution in [0.1, 0.15) is 26.3 Å². The molecule has 4 nitrogen and oxygen atoms in total. The maximum Gasteiger partial charge on any atom is 0.414 e. The second-order valence-electron chi connectivity index (χ2n) is 4.82. The van der Waals surface area contributed by atoms with Crippen LogP contribution in [0.2, 0.25) is 5.02 Å². The van der Waals surface area contributed by atoms with Crippen molar-refractivity contribution in [3.63, 3.8) is 0 Å². The van der Waals surface area contributed by atoms with Gasteiger partial charge in [0.2, 0.25) is 0 Å². The molecule has 0 aromatic heterocycles. The number of carbonyl (C=O) groups is 1. The average molecular weight is 267 g/mol. The second kappa shape index (κ2) is 5.28. The Morgan fingerprint density at radius 2 is 2.06 bits per heavy atom. The summed E-state index contributed by atoms with van der Waals surface area (Å²) in [7, 11) is 1.59. The SMILES string of the molecule is CN(C(=O)OC(C)(C)C)c1ccc(C#N)c(Cl)c1. The zero-order valence-electron chi connectivity index (χ0n) is 10.8. The summed E-state index contributed by atoms with van der Waals surface area (Å²) < 4.78 is 5.23. The molecule has 0 aliphatic carbocycles. The Kier molecular flexibility index (Phi) is 4.20. The highest BCUT2D eigenvalue weighted by atomic mass is 35.5. The van der Waals surface area contributed by atoms with E-state index in [0.29, 0.717) is 16.3 Å². The van der Waals surface area contributed by atoms with Gasteiger partial charge in [-0.2, -0.15) is 5.26 Å². The number of benzene rings is 1. The molecule has 0 fully saturated rings. The predicted octanol–water partition coefficient (Wildman–Crippen LogP) is 3.58. The van der Waals surface area contributed by atoms with Crippen LogP contribution in [0.4, 0.5) is 10.5 Å². The number of halogens is 1. The van der Waals surface area contributed by atoms with Crippen molar-refractivity contribution in [1.29, 1.82) is 5.26 Å². The molecular formula is C13H15ClN2O2. The number of rotatable bonds is 1. The molecule has 0 unspecified atom stereocenters. The van der Waals surface area contributed by atoms with E-state index in [4.69, 9.17) is 21.6 Å².